The van der Waals surface area contributed by atoms with Crippen LogP contribution < -0.4 is 5.32 Å². The van der Waals surface area contributed by atoms with Gasteiger partial charge in [-0.1, -0.05) is 25.7 Å². The predicted molar refractivity (Wildman–Crippen MR) is 77.9 cm³/mol. The molecule has 1 aromatic heterocycles. The first-order valence-electron chi connectivity index (χ1n) is 7.26. The molecular formula is C15H20N4O2. The van der Waals surface area contributed by atoms with Crippen LogP contribution in [0.3, 0.4) is 0 Å². The molecule has 0 bridgehead atoms. The lowest BCUT2D eigenvalue weighted by atomic mass is 9.90. The number of rotatable bonds is 3. The van der Waals surface area contributed by atoms with Crippen LogP contribution in [0.15, 0.2) is 0 Å². The Morgan fingerprint density at radius 3 is 2.38 bits per heavy atom. The van der Waals surface area contributed by atoms with E-state index < -0.39 is 11.5 Å². The summed E-state index contributed by atoms with van der Waals surface area (Å²) in [7, 11) is 0. The number of hydrogen-bond acceptors (Lipinski definition) is 5. The number of nitriles is 1. The molecule has 21 heavy (non-hydrogen) atoms. The van der Waals surface area contributed by atoms with E-state index in [0.29, 0.717) is 24.1 Å². The molecule has 1 fully saturated rings. The Hall–Kier alpha value is -2.16. The first kappa shape index (κ1) is 15.2. The quantitative estimate of drug-likeness (QED) is 0.829. The third-order valence-electron chi connectivity index (χ3n) is 4.29. The van der Waals surface area contributed by atoms with Crippen LogP contribution in [0.4, 0.5) is 5.82 Å². The highest BCUT2D eigenvalue weighted by atomic mass is 16.4. The average Bonchev–Trinajstić information content (AvgIpc) is 2.70. The second-order valence-corrected chi connectivity index (χ2v) is 5.67. The van der Waals surface area contributed by atoms with Gasteiger partial charge in [-0.15, -0.1) is 5.10 Å². The summed E-state index contributed by atoms with van der Waals surface area (Å²) < 4.78 is 0. The third kappa shape index (κ3) is 2.97. The molecule has 1 heterocycles. The van der Waals surface area contributed by atoms with Crippen molar-refractivity contribution in [1.82, 2.24) is 10.2 Å². The van der Waals surface area contributed by atoms with Crippen molar-refractivity contribution in [3.63, 3.8) is 0 Å². The van der Waals surface area contributed by atoms with E-state index in [9.17, 15) is 15.2 Å². The molecule has 1 aliphatic carbocycles. The average molecular weight is 288 g/mol. The van der Waals surface area contributed by atoms with Gasteiger partial charge in [-0.25, -0.2) is 4.79 Å². The fourth-order valence-corrected chi connectivity index (χ4v) is 2.78. The number of nitrogens with zero attached hydrogens (tertiary/aromatic N) is 3. The van der Waals surface area contributed by atoms with Gasteiger partial charge in [0.05, 0.1) is 5.69 Å². The number of hydrogen-bond donors (Lipinski definition) is 2. The van der Waals surface area contributed by atoms with Crippen LogP contribution in [0, 0.1) is 25.2 Å². The highest BCUT2D eigenvalue weighted by Crippen LogP contribution is 2.32. The van der Waals surface area contributed by atoms with Gasteiger partial charge >= 0.3 is 5.97 Å². The number of aliphatic carboxylic acids is 1. The van der Waals surface area contributed by atoms with E-state index in [4.69, 9.17) is 0 Å². The van der Waals surface area contributed by atoms with E-state index in [1.807, 2.05) is 0 Å². The van der Waals surface area contributed by atoms with Crippen LogP contribution in [-0.2, 0) is 4.79 Å². The largest absolute Gasteiger partial charge is 0.480 e. The molecule has 0 unspecified atom stereocenters. The first-order chi connectivity index (χ1) is 10.00. The second kappa shape index (κ2) is 6.08. The van der Waals surface area contributed by atoms with Crippen LogP contribution in [0.25, 0.3) is 0 Å². The lowest BCUT2D eigenvalue weighted by Gasteiger charge is -2.30. The summed E-state index contributed by atoms with van der Waals surface area (Å²) in [4.78, 5) is 11.8. The predicted octanol–water partition coefficient (Wildman–Crippen LogP) is 2.55. The molecule has 1 aromatic rings. The summed E-state index contributed by atoms with van der Waals surface area (Å²) in [5.41, 5.74) is 0.761. The number of anilines is 1. The van der Waals surface area contributed by atoms with Gasteiger partial charge < -0.3 is 10.4 Å². The zero-order valence-electron chi connectivity index (χ0n) is 12.4. The number of nitrogens with one attached hydrogen (secondary N) is 1. The molecule has 0 amide bonds. The van der Waals surface area contributed by atoms with E-state index >= 15 is 0 Å². The van der Waals surface area contributed by atoms with E-state index in [0.717, 1.165) is 31.2 Å². The summed E-state index contributed by atoms with van der Waals surface area (Å²) >= 11 is 0. The molecule has 0 spiro atoms. The molecule has 2 rings (SSSR count). The SMILES string of the molecule is Cc1nnc(NC2(C(=O)O)CCCCCC2)c(C#N)c1C. The molecular weight excluding hydrogens is 268 g/mol. The second-order valence-electron chi connectivity index (χ2n) is 5.67. The Morgan fingerprint density at radius 2 is 1.86 bits per heavy atom. The number of aromatic nitrogens is 2. The monoisotopic (exact) mass is 288 g/mol. The van der Waals surface area contributed by atoms with Crippen molar-refractivity contribution in [2.75, 3.05) is 5.32 Å². The van der Waals surface area contributed by atoms with E-state index in [2.05, 4.69) is 21.6 Å². The molecule has 2 N–H and O–H groups in total. The Bertz CT molecular complexity index is 584. The maximum atomic E-state index is 11.8. The summed E-state index contributed by atoms with van der Waals surface area (Å²) in [6.45, 7) is 3.58. The maximum absolute atomic E-state index is 11.8. The van der Waals surface area contributed by atoms with Crippen molar-refractivity contribution >= 4 is 11.8 Å². The van der Waals surface area contributed by atoms with E-state index in [1.165, 1.54) is 0 Å². The molecule has 0 atom stereocenters. The zero-order chi connectivity index (χ0) is 15.5. The van der Waals surface area contributed by atoms with Gasteiger partial charge in [0.2, 0.25) is 0 Å². The van der Waals surface area contributed by atoms with Crippen molar-refractivity contribution in [2.24, 2.45) is 0 Å². The fraction of sp³-hybridized carbons (Fsp3) is 0.600. The minimum Gasteiger partial charge on any atom is -0.480 e. The Balaban J connectivity index is 2.40. The lowest BCUT2D eigenvalue weighted by Crippen LogP contribution is -2.46. The molecule has 6 heteroatoms. The van der Waals surface area contributed by atoms with E-state index in [-0.39, 0.29) is 5.82 Å². The van der Waals surface area contributed by atoms with Crippen LogP contribution >= 0.6 is 0 Å². The number of carboxylic acid groups (broad SMARTS) is 1. The molecule has 1 saturated carbocycles. The van der Waals surface area contributed by atoms with Gasteiger partial charge in [-0.05, 0) is 32.3 Å². The van der Waals surface area contributed by atoms with Gasteiger partial charge in [-0.3, -0.25) is 0 Å². The number of aryl methyl sites for hydroxylation is 1. The summed E-state index contributed by atoms with van der Waals surface area (Å²) in [5, 5.41) is 30.0. The van der Waals surface area contributed by atoms with Crippen LogP contribution in [-0.4, -0.2) is 26.8 Å². The minimum atomic E-state index is -1.04. The first-order valence-corrected chi connectivity index (χ1v) is 7.26. The van der Waals surface area contributed by atoms with Crippen molar-refractivity contribution in [3.8, 4) is 6.07 Å². The Labute approximate surface area is 124 Å². The van der Waals surface area contributed by atoms with E-state index in [1.54, 1.807) is 13.8 Å². The third-order valence-corrected chi connectivity index (χ3v) is 4.29. The summed E-state index contributed by atoms with van der Waals surface area (Å²) in [5.74, 6) is -0.599. The zero-order valence-corrected chi connectivity index (χ0v) is 12.4. The highest BCUT2D eigenvalue weighted by molar-refractivity contribution is 5.83. The van der Waals surface area contributed by atoms with Gasteiger partial charge in [0.25, 0.3) is 0 Å². The van der Waals surface area contributed by atoms with Crippen molar-refractivity contribution < 1.29 is 9.90 Å². The van der Waals surface area contributed by atoms with Crippen molar-refractivity contribution in [3.05, 3.63) is 16.8 Å². The van der Waals surface area contributed by atoms with Gasteiger partial charge in [-0.2, -0.15) is 10.4 Å². The molecule has 112 valence electrons. The molecule has 0 radical (unpaired) electrons. The molecule has 0 aliphatic heterocycles. The fourth-order valence-electron chi connectivity index (χ4n) is 2.78. The van der Waals surface area contributed by atoms with Gasteiger partial charge in [0.1, 0.15) is 17.2 Å². The minimum absolute atomic E-state index is 0.282. The molecule has 0 aromatic carbocycles. The lowest BCUT2D eigenvalue weighted by molar-refractivity contribution is -0.142. The number of carbonyl (C=O) groups is 1. The smallest absolute Gasteiger partial charge is 0.329 e. The van der Waals surface area contributed by atoms with Crippen molar-refractivity contribution in [2.45, 2.75) is 57.9 Å². The van der Waals surface area contributed by atoms with Crippen LogP contribution in [0.2, 0.25) is 0 Å². The summed E-state index contributed by atoms with van der Waals surface area (Å²) in [6, 6.07) is 2.11. The number of carboxylic acids is 1. The topological polar surface area (TPSA) is 98.9 Å². The standard InChI is InChI=1S/C15H20N4O2/c1-10-11(2)18-19-13(12(10)9-16)17-15(14(20)21)7-5-3-4-6-8-15/h3-8H2,1-2H3,(H,17,19)(H,20,21). The highest BCUT2D eigenvalue weighted by Gasteiger charge is 2.39. The Kier molecular flexibility index (Phi) is 4.41. The van der Waals surface area contributed by atoms with Crippen LogP contribution in [0.5, 0.6) is 0 Å². The molecule has 1 aliphatic rings. The van der Waals surface area contributed by atoms with Crippen molar-refractivity contribution in [1.29, 1.82) is 5.26 Å². The van der Waals surface area contributed by atoms with Gasteiger partial charge in [0, 0.05) is 0 Å². The Morgan fingerprint density at radius 1 is 1.24 bits per heavy atom. The maximum Gasteiger partial charge on any atom is 0.329 e. The summed E-state index contributed by atoms with van der Waals surface area (Å²) in [6.07, 6.45) is 4.89. The molecule has 6 nitrogen and oxygen atoms in total. The molecule has 0 saturated heterocycles. The van der Waals surface area contributed by atoms with Gasteiger partial charge in [0.15, 0.2) is 5.82 Å². The normalized spacial score (nSPS) is 17.6. The van der Waals surface area contributed by atoms with Crippen LogP contribution in [0.1, 0.15) is 55.3 Å².